The molecule has 6 heteroatoms. The van der Waals surface area contributed by atoms with Crippen LogP contribution in [0.3, 0.4) is 0 Å². The van der Waals surface area contributed by atoms with Crippen LogP contribution in [0.2, 0.25) is 0 Å². The Morgan fingerprint density at radius 2 is 2.19 bits per heavy atom. The fraction of sp³-hybridized carbons (Fsp3) is 0.333. The van der Waals surface area contributed by atoms with Crippen LogP contribution in [0.25, 0.3) is 0 Å². The van der Waals surface area contributed by atoms with E-state index in [1.165, 1.54) is 0 Å². The lowest BCUT2D eigenvalue weighted by molar-refractivity contribution is -0.136. The zero-order valence-electron chi connectivity index (χ0n) is 12.0. The maximum Gasteiger partial charge on any atom is 0.307 e. The summed E-state index contributed by atoms with van der Waals surface area (Å²) in [6, 6.07) is 7.64. The van der Waals surface area contributed by atoms with Gasteiger partial charge in [0, 0.05) is 15.7 Å². The Morgan fingerprint density at radius 3 is 2.86 bits per heavy atom. The van der Waals surface area contributed by atoms with Gasteiger partial charge in [-0.3, -0.25) is 9.48 Å². The van der Waals surface area contributed by atoms with E-state index < -0.39 is 5.97 Å². The van der Waals surface area contributed by atoms with Gasteiger partial charge >= 0.3 is 5.97 Å². The topological polar surface area (TPSA) is 64.4 Å². The SMILES string of the molecule is Cc1nn(CCOc2cccc(Br)c2)c(C)c1CC(=O)O. The number of rotatable bonds is 6. The van der Waals surface area contributed by atoms with E-state index in [9.17, 15) is 4.79 Å². The molecule has 0 saturated carbocycles. The first-order chi connectivity index (χ1) is 9.97. The minimum absolute atomic E-state index is 0.00412. The highest BCUT2D eigenvalue weighted by atomic mass is 79.9. The molecule has 0 atom stereocenters. The number of carbonyl (C=O) groups is 1. The largest absolute Gasteiger partial charge is 0.492 e. The lowest BCUT2D eigenvalue weighted by atomic mass is 10.1. The molecule has 0 bridgehead atoms. The predicted molar refractivity (Wildman–Crippen MR) is 82.7 cm³/mol. The Labute approximate surface area is 131 Å². The number of aryl methyl sites for hydroxylation is 1. The first-order valence-corrected chi connectivity index (χ1v) is 7.39. The zero-order chi connectivity index (χ0) is 15.4. The summed E-state index contributed by atoms with van der Waals surface area (Å²) in [5.74, 6) is -0.0530. The van der Waals surface area contributed by atoms with Gasteiger partial charge in [-0.2, -0.15) is 5.10 Å². The third-order valence-electron chi connectivity index (χ3n) is 3.23. The van der Waals surface area contributed by atoms with Crippen LogP contribution >= 0.6 is 15.9 Å². The monoisotopic (exact) mass is 352 g/mol. The third-order valence-corrected chi connectivity index (χ3v) is 3.72. The van der Waals surface area contributed by atoms with Crippen LogP contribution < -0.4 is 4.74 Å². The number of benzene rings is 1. The van der Waals surface area contributed by atoms with E-state index in [1.54, 1.807) is 4.68 Å². The molecule has 1 N–H and O–H groups in total. The molecule has 5 nitrogen and oxygen atoms in total. The average Bonchev–Trinajstić information content (AvgIpc) is 2.66. The van der Waals surface area contributed by atoms with E-state index in [-0.39, 0.29) is 6.42 Å². The fourth-order valence-corrected chi connectivity index (χ4v) is 2.54. The lowest BCUT2D eigenvalue weighted by Crippen LogP contribution is -2.11. The molecule has 0 aliphatic rings. The Kier molecular flexibility index (Phi) is 5.01. The second-order valence-corrected chi connectivity index (χ2v) is 5.66. The van der Waals surface area contributed by atoms with Gasteiger partial charge in [0.1, 0.15) is 12.4 Å². The Morgan fingerprint density at radius 1 is 1.43 bits per heavy atom. The molecule has 0 spiro atoms. The summed E-state index contributed by atoms with van der Waals surface area (Å²) in [7, 11) is 0. The normalized spacial score (nSPS) is 10.6. The molecule has 1 heterocycles. The number of nitrogens with zero attached hydrogens (tertiary/aromatic N) is 2. The van der Waals surface area contributed by atoms with Gasteiger partial charge in [0.25, 0.3) is 0 Å². The van der Waals surface area contributed by atoms with Crippen molar-refractivity contribution in [2.45, 2.75) is 26.8 Å². The molecule has 0 unspecified atom stereocenters. The van der Waals surface area contributed by atoms with Crippen LogP contribution in [0.1, 0.15) is 17.0 Å². The summed E-state index contributed by atoms with van der Waals surface area (Å²) in [5.41, 5.74) is 2.43. The number of ether oxygens (including phenoxy) is 1. The molecule has 2 aromatic rings. The van der Waals surface area contributed by atoms with Gasteiger partial charge in [0.15, 0.2) is 0 Å². The fourth-order valence-electron chi connectivity index (χ4n) is 2.17. The van der Waals surface area contributed by atoms with Crippen molar-refractivity contribution in [3.63, 3.8) is 0 Å². The molecule has 0 aliphatic heterocycles. The highest BCUT2D eigenvalue weighted by molar-refractivity contribution is 9.10. The van der Waals surface area contributed by atoms with Crippen molar-refractivity contribution in [1.82, 2.24) is 9.78 Å². The molecular formula is C15H17BrN2O3. The van der Waals surface area contributed by atoms with Crippen molar-refractivity contribution in [2.75, 3.05) is 6.61 Å². The minimum atomic E-state index is -0.842. The van der Waals surface area contributed by atoms with Gasteiger partial charge in [-0.25, -0.2) is 0 Å². The molecule has 0 saturated heterocycles. The van der Waals surface area contributed by atoms with Crippen molar-refractivity contribution < 1.29 is 14.6 Å². The summed E-state index contributed by atoms with van der Waals surface area (Å²) in [5, 5.41) is 13.3. The summed E-state index contributed by atoms with van der Waals surface area (Å²) in [4.78, 5) is 10.8. The molecule has 1 aromatic heterocycles. The van der Waals surface area contributed by atoms with Crippen LogP contribution in [-0.4, -0.2) is 27.5 Å². The number of carboxylic acid groups (broad SMARTS) is 1. The molecule has 0 radical (unpaired) electrons. The van der Waals surface area contributed by atoms with Crippen molar-refractivity contribution in [1.29, 1.82) is 0 Å². The third kappa shape index (κ3) is 4.07. The molecule has 21 heavy (non-hydrogen) atoms. The van der Waals surface area contributed by atoms with Crippen LogP contribution in [0.15, 0.2) is 28.7 Å². The van der Waals surface area contributed by atoms with Crippen molar-refractivity contribution >= 4 is 21.9 Å². The number of aromatic nitrogens is 2. The van der Waals surface area contributed by atoms with E-state index in [4.69, 9.17) is 9.84 Å². The van der Waals surface area contributed by atoms with Gasteiger partial charge in [-0.05, 0) is 32.0 Å². The summed E-state index contributed by atoms with van der Waals surface area (Å²) in [6.07, 6.45) is 0.00412. The van der Waals surface area contributed by atoms with Crippen LogP contribution in [0.5, 0.6) is 5.75 Å². The van der Waals surface area contributed by atoms with E-state index >= 15 is 0 Å². The van der Waals surface area contributed by atoms with Gasteiger partial charge in [-0.1, -0.05) is 22.0 Å². The number of hydrogen-bond acceptors (Lipinski definition) is 3. The quantitative estimate of drug-likeness (QED) is 0.867. The Hall–Kier alpha value is -1.82. The summed E-state index contributed by atoms with van der Waals surface area (Å²) in [6.45, 7) is 4.78. The van der Waals surface area contributed by atoms with Crippen molar-refractivity contribution in [3.8, 4) is 5.75 Å². The molecule has 0 aliphatic carbocycles. The van der Waals surface area contributed by atoms with Crippen molar-refractivity contribution in [2.24, 2.45) is 0 Å². The molecule has 0 fully saturated rings. The minimum Gasteiger partial charge on any atom is -0.492 e. The molecular weight excluding hydrogens is 336 g/mol. The van der Waals surface area contributed by atoms with E-state index in [0.29, 0.717) is 13.2 Å². The Bertz CT molecular complexity index is 652. The van der Waals surface area contributed by atoms with E-state index in [1.807, 2.05) is 38.1 Å². The van der Waals surface area contributed by atoms with Crippen LogP contribution in [0.4, 0.5) is 0 Å². The Balaban J connectivity index is 1.99. The van der Waals surface area contributed by atoms with Crippen LogP contribution in [-0.2, 0) is 17.8 Å². The molecule has 1 aromatic carbocycles. The van der Waals surface area contributed by atoms with Gasteiger partial charge in [0.2, 0.25) is 0 Å². The molecule has 2 rings (SSSR count). The summed E-state index contributed by atoms with van der Waals surface area (Å²) >= 11 is 3.39. The zero-order valence-corrected chi connectivity index (χ0v) is 13.6. The van der Waals surface area contributed by atoms with Gasteiger partial charge < -0.3 is 9.84 Å². The molecule has 0 amide bonds. The van der Waals surface area contributed by atoms with Crippen molar-refractivity contribution in [3.05, 3.63) is 45.7 Å². The smallest absolute Gasteiger partial charge is 0.307 e. The average molecular weight is 353 g/mol. The predicted octanol–water partition coefficient (Wildman–Crippen LogP) is 2.97. The molecule has 112 valence electrons. The van der Waals surface area contributed by atoms with Gasteiger partial charge in [0.05, 0.1) is 18.7 Å². The first-order valence-electron chi connectivity index (χ1n) is 6.60. The standard InChI is InChI=1S/C15H17BrN2O3/c1-10-14(9-15(19)20)11(2)18(17-10)6-7-21-13-5-3-4-12(16)8-13/h3-5,8H,6-7,9H2,1-2H3,(H,19,20). The van der Waals surface area contributed by atoms with Gasteiger partial charge in [-0.15, -0.1) is 0 Å². The second kappa shape index (κ2) is 6.76. The van der Waals surface area contributed by atoms with Crippen LogP contribution in [0, 0.1) is 13.8 Å². The highest BCUT2D eigenvalue weighted by Crippen LogP contribution is 2.18. The first kappa shape index (κ1) is 15.6. The number of halogens is 1. The number of hydrogen-bond donors (Lipinski definition) is 1. The van der Waals surface area contributed by atoms with E-state index in [2.05, 4.69) is 21.0 Å². The van der Waals surface area contributed by atoms with E-state index in [0.717, 1.165) is 27.2 Å². The number of aliphatic carboxylic acids is 1. The summed E-state index contributed by atoms with van der Waals surface area (Å²) < 4.78 is 8.43. The maximum absolute atomic E-state index is 10.8. The second-order valence-electron chi connectivity index (χ2n) is 4.75. The maximum atomic E-state index is 10.8. The number of carboxylic acids is 1. The lowest BCUT2D eigenvalue weighted by Gasteiger charge is -2.08. The highest BCUT2D eigenvalue weighted by Gasteiger charge is 2.14.